The van der Waals surface area contributed by atoms with Crippen LogP contribution in [0.25, 0.3) is 0 Å². The average molecular weight is 304 g/mol. The Bertz CT molecular complexity index is 565. The van der Waals surface area contributed by atoms with Crippen molar-refractivity contribution in [1.29, 1.82) is 0 Å². The molecule has 0 fully saturated rings. The van der Waals surface area contributed by atoms with E-state index >= 15 is 0 Å². The molecule has 6 heteroatoms. The summed E-state index contributed by atoms with van der Waals surface area (Å²) in [7, 11) is 1.50. The van der Waals surface area contributed by atoms with Gasteiger partial charge in [0, 0.05) is 22.3 Å². The molecule has 0 aromatic heterocycles. The Kier molecular flexibility index (Phi) is 5.38. The van der Waals surface area contributed by atoms with Gasteiger partial charge in [0.05, 0.1) is 4.90 Å². The molecule has 0 atom stereocenters. The molecule has 0 aliphatic rings. The van der Waals surface area contributed by atoms with E-state index in [0.29, 0.717) is 11.1 Å². The van der Waals surface area contributed by atoms with Crippen LogP contribution in [0.4, 0.5) is 0 Å². The third kappa shape index (κ3) is 4.21. The summed E-state index contributed by atoms with van der Waals surface area (Å²) in [6.07, 6.45) is 1.66. The molecular formula is C13H18ClNO3S. The minimum atomic E-state index is -3.84. The SMILES string of the molecule is CCC(CC)NC(=O)c1ccc(C)c(S(=O)(=O)Cl)c1. The zero-order valence-corrected chi connectivity index (χ0v) is 12.8. The molecule has 106 valence electrons. The number of halogens is 1. The number of benzene rings is 1. The minimum Gasteiger partial charge on any atom is -0.349 e. The summed E-state index contributed by atoms with van der Waals surface area (Å²) in [6, 6.07) is 4.58. The maximum atomic E-state index is 12.0. The number of carbonyl (C=O) groups excluding carboxylic acids is 1. The maximum Gasteiger partial charge on any atom is 0.261 e. The van der Waals surface area contributed by atoms with Crippen LogP contribution in [0.2, 0.25) is 0 Å². The average Bonchev–Trinajstić information content (AvgIpc) is 2.34. The van der Waals surface area contributed by atoms with Gasteiger partial charge in [-0.15, -0.1) is 0 Å². The Morgan fingerprint density at radius 3 is 2.37 bits per heavy atom. The predicted octanol–water partition coefficient (Wildman–Crippen LogP) is 2.84. The smallest absolute Gasteiger partial charge is 0.261 e. The fraction of sp³-hybridized carbons (Fsp3) is 0.462. The Morgan fingerprint density at radius 2 is 1.89 bits per heavy atom. The molecule has 0 heterocycles. The van der Waals surface area contributed by atoms with Gasteiger partial charge in [-0.05, 0) is 37.5 Å². The van der Waals surface area contributed by atoms with Gasteiger partial charge >= 0.3 is 0 Å². The first-order chi connectivity index (χ1) is 8.79. The monoisotopic (exact) mass is 303 g/mol. The number of hydrogen-bond donors (Lipinski definition) is 1. The lowest BCUT2D eigenvalue weighted by Crippen LogP contribution is -2.33. The third-order valence-electron chi connectivity index (χ3n) is 3.03. The number of nitrogens with one attached hydrogen (secondary N) is 1. The molecule has 0 spiro atoms. The van der Waals surface area contributed by atoms with Crippen LogP contribution in [0.3, 0.4) is 0 Å². The number of amides is 1. The summed E-state index contributed by atoms with van der Waals surface area (Å²) in [5.41, 5.74) is 0.825. The Labute approximate surface area is 118 Å². The lowest BCUT2D eigenvalue weighted by molar-refractivity contribution is 0.0934. The summed E-state index contributed by atoms with van der Waals surface area (Å²) < 4.78 is 22.8. The molecule has 0 unspecified atom stereocenters. The second kappa shape index (κ2) is 6.39. The standard InChI is InChI=1S/C13H18ClNO3S/c1-4-11(5-2)15-13(16)10-7-6-9(3)12(8-10)19(14,17)18/h6-8,11H,4-5H2,1-3H3,(H,15,16). The van der Waals surface area contributed by atoms with Crippen LogP contribution < -0.4 is 5.32 Å². The van der Waals surface area contributed by atoms with Crippen molar-refractivity contribution in [3.8, 4) is 0 Å². The molecule has 1 aromatic rings. The first-order valence-electron chi connectivity index (χ1n) is 6.15. The number of rotatable bonds is 5. The highest BCUT2D eigenvalue weighted by Crippen LogP contribution is 2.21. The zero-order valence-electron chi connectivity index (χ0n) is 11.2. The first kappa shape index (κ1) is 16.0. The molecule has 1 rings (SSSR count). The molecule has 19 heavy (non-hydrogen) atoms. The van der Waals surface area contributed by atoms with Crippen LogP contribution in [0.15, 0.2) is 23.1 Å². The van der Waals surface area contributed by atoms with Gasteiger partial charge in [0.1, 0.15) is 0 Å². The van der Waals surface area contributed by atoms with E-state index in [0.717, 1.165) is 12.8 Å². The van der Waals surface area contributed by atoms with Crippen molar-refractivity contribution in [2.45, 2.75) is 44.6 Å². The predicted molar refractivity (Wildman–Crippen MR) is 76.1 cm³/mol. The summed E-state index contributed by atoms with van der Waals surface area (Å²) in [5, 5.41) is 2.85. The molecule has 1 amide bonds. The van der Waals surface area contributed by atoms with Crippen molar-refractivity contribution in [2.75, 3.05) is 0 Å². The molecule has 0 saturated heterocycles. The largest absolute Gasteiger partial charge is 0.349 e. The van der Waals surface area contributed by atoms with Crippen LogP contribution in [-0.2, 0) is 9.05 Å². The molecule has 4 nitrogen and oxygen atoms in total. The molecule has 0 bridgehead atoms. The normalized spacial score (nSPS) is 11.6. The van der Waals surface area contributed by atoms with Crippen LogP contribution >= 0.6 is 10.7 Å². The number of carbonyl (C=O) groups is 1. The van der Waals surface area contributed by atoms with Gasteiger partial charge in [-0.25, -0.2) is 8.42 Å². The molecule has 0 saturated carbocycles. The van der Waals surface area contributed by atoms with E-state index in [-0.39, 0.29) is 16.8 Å². The van der Waals surface area contributed by atoms with Gasteiger partial charge in [0.15, 0.2) is 0 Å². The number of hydrogen-bond acceptors (Lipinski definition) is 3. The summed E-state index contributed by atoms with van der Waals surface area (Å²) >= 11 is 0. The summed E-state index contributed by atoms with van der Waals surface area (Å²) in [6.45, 7) is 5.61. The fourth-order valence-electron chi connectivity index (χ4n) is 1.77. The lowest BCUT2D eigenvalue weighted by Gasteiger charge is -2.15. The van der Waals surface area contributed by atoms with E-state index in [4.69, 9.17) is 10.7 Å². The molecule has 0 radical (unpaired) electrons. The molecular weight excluding hydrogens is 286 g/mol. The van der Waals surface area contributed by atoms with E-state index in [9.17, 15) is 13.2 Å². The van der Waals surface area contributed by atoms with E-state index in [1.807, 2.05) is 13.8 Å². The topological polar surface area (TPSA) is 63.2 Å². The van der Waals surface area contributed by atoms with E-state index in [1.54, 1.807) is 19.1 Å². The van der Waals surface area contributed by atoms with Crippen molar-refractivity contribution >= 4 is 25.6 Å². The Hall–Kier alpha value is -1.07. The second-order valence-electron chi connectivity index (χ2n) is 4.41. The fourth-order valence-corrected chi connectivity index (χ4v) is 2.98. The second-order valence-corrected chi connectivity index (χ2v) is 6.94. The Morgan fingerprint density at radius 1 is 1.32 bits per heavy atom. The van der Waals surface area contributed by atoms with Crippen molar-refractivity contribution in [3.63, 3.8) is 0 Å². The molecule has 0 aliphatic heterocycles. The van der Waals surface area contributed by atoms with Crippen LogP contribution in [0.5, 0.6) is 0 Å². The molecule has 0 aliphatic carbocycles. The summed E-state index contributed by atoms with van der Waals surface area (Å²) in [4.78, 5) is 12.0. The first-order valence-corrected chi connectivity index (χ1v) is 8.46. The van der Waals surface area contributed by atoms with E-state index < -0.39 is 9.05 Å². The van der Waals surface area contributed by atoms with Crippen LogP contribution in [0.1, 0.15) is 42.6 Å². The zero-order chi connectivity index (χ0) is 14.6. The minimum absolute atomic E-state index is 0.0219. The summed E-state index contributed by atoms with van der Waals surface area (Å²) in [5.74, 6) is -0.282. The van der Waals surface area contributed by atoms with Crippen LogP contribution in [0, 0.1) is 6.92 Å². The lowest BCUT2D eigenvalue weighted by atomic mass is 10.1. The quantitative estimate of drug-likeness (QED) is 0.851. The number of aryl methyl sites for hydroxylation is 1. The van der Waals surface area contributed by atoms with Gasteiger partial charge in [-0.1, -0.05) is 19.9 Å². The van der Waals surface area contributed by atoms with E-state index in [2.05, 4.69) is 5.32 Å². The van der Waals surface area contributed by atoms with Crippen molar-refractivity contribution in [3.05, 3.63) is 29.3 Å². The van der Waals surface area contributed by atoms with Crippen molar-refractivity contribution in [1.82, 2.24) is 5.32 Å². The maximum absolute atomic E-state index is 12.0. The Balaban J connectivity index is 3.06. The highest BCUT2D eigenvalue weighted by Gasteiger charge is 2.17. The van der Waals surface area contributed by atoms with Crippen molar-refractivity contribution in [2.24, 2.45) is 0 Å². The van der Waals surface area contributed by atoms with Gasteiger partial charge < -0.3 is 5.32 Å². The third-order valence-corrected chi connectivity index (χ3v) is 4.50. The van der Waals surface area contributed by atoms with Gasteiger partial charge in [-0.2, -0.15) is 0 Å². The van der Waals surface area contributed by atoms with E-state index in [1.165, 1.54) is 6.07 Å². The van der Waals surface area contributed by atoms with Crippen LogP contribution in [-0.4, -0.2) is 20.4 Å². The highest BCUT2D eigenvalue weighted by atomic mass is 35.7. The molecule has 1 N–H and O–H groups in total. The molecule has 1 aromatic carbocycles. The van der Waals surface area contributed by atoms with Crippen molar-refractivity contribution < 1.29 is 13.2 Å². The van der Waals surface area contributed by atoms with Gasteiger partial charge in [0.25, 0.3) is 15.0 Å². The van der Waals surface area contributed by atoms with Gasteiger partial charge in [-0.3, -0.25) is 4.79 Å². The van der Waals surface area contributed by atoms with Gasteiger partial charge in [0.2, 0.25) is 0 Å². The highest BCUT2D eigenvalue weighted by molar-refractivity contribution is 8.13.